The highest BCUT2D eigenvalue weighted by molar-refractivity contribution is 5.66. The van der Waals surface area contributed by atoms with Gasteiger partial charge in [-0.3, -0.25) is 4.79 Å². The highest BCUT2D eigenvalue weighted by Gasteiger charge is 2.01. The van der Waals surface area contributed by atoms with E-state index in [1.165, 1.54) is 57.8 Å². The molecule has 0 aliphatic carbocycles. The van der Waals surface area contributed by atoms with Gasteiger partial charge in [0.2, 0.25) is 0 Å². The standard InChI is InChI=1S/C15H31NO2/c1-3-4-5-6-7-8-9-10-11-13-16(2)14-12-15(17)18/h3-14H2,1-2H3,(H,17,18). The van der Waals surface area contributed by atoms with Gasteiger partial charge in [-0.15, -0.1) is 0 Å². The Balaban J connectivity index is 3.12. The molecule has 0 bridgehead atoms. The van der Waals surface area contributed by atoms with Gasteiger partial charge in [-0.25, -0.2) is 0 Å². The second-order valence-electron chi connectivity index (χ2n) is 5.28. The van der Waals surface area contributed by atoms with Crippen LogP contribution in [0, 0.1) is 0 Å². The van der Waals surface area contributed by atoms with E-state index < -0.39 is 5.97 Å². The summed E-state index contributed by atoms with van der Waals surface area (Å²) >= 11 is 0. The van der Waals surface area contributed by atoms with Crippen LogP contribution >= 0.6 is 0 Å². The molecule has 1 N–H and O–H groups in total. The monoisotopic (exact) mass is 257 g/mol. The zero-order chi connectivity index (χ0) is 13.6. The van der Waals surface area contributed by atoms with Crippen LogP contribution in [0.3, 0.4) is 0 Å². The summed E-state index contributed by atoms with van der Waals surface area (Å²) in [6.07, 6.45) is 12.3. The molecule has 0 fully saturated rings. The van der Waals surface area contributed by atoms with Crippen LogP contribution in [0.5, 0.6) is 0 Å². The van der Waals surface area contributed by atoms with Crippen LogP contribution in [0.1, 0.15) is 71.1 Å². The number of carboxylic acids is 1. The van der Waals surface area contributed by atoms with Gasteiger partial charge in [0.05, 0.1) is 6.42 Å². The topological polar surface area (TPSA) is 40.5 Å². The third-order valence-electron chi connectivity index (χ3n) is 3.35. The van der Waals surface area contributed by atoms with Gasteiger partial charge in [0.15, 0.2) is 0 Å². The molecule has 0 aromatic rings. The molecule has 0 aromatic carbocycles. The van der Waals surface area contributed by atoms with Crippen molar-refractivity contribution in [1.82, 2.24) is 4.90 Å². The van der Waals surface area contributed by atoms with Crippen molar-refractivity contribution in [3.05, 3.63) is 0 Å². The normalized spacial score (nSPS) is 11.1. The molecular weight excluding hydrogens is 226 g/mol. The summed E-state index contributed by atoms with van der Waals surface area (Å²) in [6.45, 7) is 3.95. The molecular formula is C15H31NO2. The van der Waals surface area contributed by atoms with Gasteiger partial charge < -0.3 is 10.0 Å². The maximum absolute atomic E-state index is 10.4. The number of nitrogens with zero attached hydrogens (tertiary/aromatic N) is 1. The zero-order valence-corrected chi connectivity index (χ0v) is 12.3. The summed E-state index contributed by atoms with van der Waals surface area (Å²) in [4.78, 5) is 12.5. The van der Waals surface area contributed by atoms with Crippen molar-refractivity contribution in [1.29, 1.82) is 0 Å². The Morgan fingerprint density at radius 2 is 1.39 bits per heavy atom. The Labute approximate surface area is 113 Å². The molecule has 0 rings (SSSR count). The fourth-order valence-corrected chi connectivity index (χ4v) is 2.09. The quantitative estimate of drug-likeness (QED) is 0.508. The molecule has 3 nitrogen and oxygen atoms in total. The molecule has 0 heterocycles. The van der Waals surface area contributed by atoms with Crippen LogP contribution in [0.4, 0.5) is 0 Å². The Kier molecular flexibility index (Phi) is 12.5. The molecule has 0 aliphatic heterocycles. The van der Waals surface area contributed by atoms with E-state index in [1.807, 2.05) is 7.05 Å². The maximum Gasteiger partial charge on any atom is 0.304 e. The Morgan fingerprint density at radius 3 is 1.89 bits per heavy atom. The number of unbranched alkanes of at least 4 members (excludes halogenated alkanes) is 8. The van der Waals surface area contributed by atoms with Gasteiger partial charge >= 0.3 is 5.97 Å². The largest absolute Gasteiger partial charge is 0.481 e. The van der Waals surface area contributed by atoms with Crippen molar-refractivity contribution in [2.75, 3.05) is 20.1 Å². The van der Waals surface area contributed by atoms with E-state index in [0.717, 1.165) is 6.54 Å². The van der Waals surface area contributed by atoms with Crippen LogP contribution in [-0.2, 0) is 4.79 Å². The number of carbonyl (C=O) groups is 1. The fourth-order valence-electron chi connectivity index (χ4n) is 2.09. The van der Waals surface area contributed by atoms with E-state index in [2.05, 4.69) is 11.8 Å². The third kappa shape index (κ3) is 13.5. The first-order valence-electron chi connectivity index (χ1n) is 7.57. The fraction of sp³-hybridized carbons (Fsp3) is 0.933. The number of hydrogen-bond donors (Lipinski definition) is 1. The molecule has 108 valence electrons. The Morgan fingerprint density at radius 1 is 0.889 bits per heavy atom. The van der Waals surface area contributed by atoms with Crippen molar-refractivity contribution in [2.45, 2.75) is 71.1 Å². The summed E-state index contributed by atoms with van der Waals surface area (Å²) in [5, 5.41) is 8.57. The summed E-state index contributed by atoms with van der Waals surface area (Å²) in [5.41, 5.74) is 0. The van der Waals surface area contributed by atoms with E-state index >= 15 is 0 Å². The highest BCUT2D eigenvalue weighted by Crippen LogP contribution is 2.09. The first-order chi connectivity index (χ1) is 8.66. The number of rotatable bonds is 13. The van der Waals surface area contributed by atoms with E-state index in [-0.39, 0.29) is 6.42 Å². The van der Waals surface area contributed by atoms with E-state index in [1.54, 1.807) is 0 Å². The predicted octanol–water partition coefficient (Wildman–Crippen LogP) is 3.92. The molecule has 0 saturated carbocycles. The van der Waals surface area contributed by atoms with Gasteiger partial charge in [0.25, 0.3) is 0 Å². The SMILES string of the molecule is CCCCCCCCCCCN(C)CCC(=O)O. The molecule has 0 amide bonds. The minimum absolute atomic E-state index is 0.258. The molecule has 0 atom stereocenters. The van der Waals surface area contributed by atoms with Gasteiger partial charge in [0.1, 0.15) is 0 Å². The molecule has 3 heteroatoms. The minimum atomic E-state index is -0.700. The molecule has 0 spiro atoms. The number of carboxylic acid groups (broad SMARTS) is 1. The Hall–Kier alpha value is -0.570. The van der Waals surface area contributed by atoms with Crippen molar-refractivity contribution in [2.24, 2.45) is 0 Å². The lowest BCUT2D eigenvalue weighted by atomic mass is 10.1. The van der Waals surface area contributed by atoms with Crippen molar-refractivity contribution >= 4 is 5.97 Å². The molecule has 0 aromatic heterocycles. The van der Waals surface area contributed by atoms with Gasteiger partial charge in [-0.1, -0.05) is 58.3 Å². The summed E-state index contributed by atoms with van der Waals surface area (Å²) in [5.74, 6) is -0.700. The van der Waals surface area contributed by atoms with Crippen LogP contribution in [0.25, 0.3) is 0 Å². The number of hydrogen-bond acceptors (Lipinski definition) is 2. The zero-order valence-electron chi connectivity index (χ0n) is 12.3. The third-order valence-corrected chi connectivity index (χ3v) is 3.35. The van der Waals surface area contributed by atoms with Gasteiger partial charge in [-0.05, 0) is 20.0 Å². The first-order valence-corrected chi connectivity index (χ1v) is 7.57. The lowest BCUT2D eigenvalue weighted by Gasteiger charge is -2.14. The van der Waals surface area contributed by atoms with Crippen molar-refractivity contribution in [3.8, 4) is 0 Å². The highest BCUT2D eigenvalue weighted by atomic mass is 16.4. The molecule has 0 saturated heterocycles. The van der Waals surface area contributed by atoms with Crippen LogP contribution in [0.2, 0.25) is 0 Å². The van der Waals surface area contributed by atoms with E-state index in [4.69, 9.17) is 5.11 Å². The lowest BCUT2D eigenvalue weighted by molar-refractivity contribution is -0.137. The lowest BCUT2D eigenvalue weighted by Crippen LogP contribution is -2.22. The average Bonchev–Trinajstić information content (AvgIpc) is 2.34. The Bertz CT molecular complexity index is 195. The molecule has 18 heavy (non-hydrogen) atoms. The molecule has 0 aliphatic rings. The first kappa shape index (κ1) is 17.4. The molecule has 0 unspecified atom stereocenters. The van der Waals surface area contributed by atoms with Gasteiger partial charge in [-0.2, -0.15) is 0 Å². The summed E-state index contributed by atoms with van der Waals surface area (Å²) < 4.78 is 0. The number of aliphatic carboxylic acids is 1. The van der Waals surface area contributed by atoms with E-state index in [9.17, 15) is 4.79 Å². The van der Waals surface area contributed by atoms with Crippen LogP contribution in [0.15, 0.2) is 0 Å². The average molecular weight is 257 g/mol. The van der Waals surface area contributed by atoms with Crippen molar-refractivity contribution < 1.29 is 9.90 Å². The van der Waals surface area contributed by atoms with Gasteiger partial charge in [0, 0.05) is 6.54 Å². The summed E-state index contributed by atoms with van der Waals surface area (Å²) in [6, 6.07) is 0. The van der Waals surface area contributed by atoms with Crippen LogP contribution in [-0.4, -0.2) is 36.1 Å². The van der Waals surface area contributed by atoms with Crippen molar-refractivity contribution in [3.63, 3.8) is 0 Å². The van der Waals surface area contributed by atoms with Crippen LogP contribution < -0.4 is 0 Å². The van der Waals surface area contributed by atoms with E-state index in [0.29, 0.717) is 6.54 Å². The molecule has 0 radical (unpaired) electrons. The minimum Gasteiger partial charge on any atom is -0.481 e. The second-order valence-corrected chi connectivity index (χ2v) is 5.28. The predicted molar refractivity (Wildman–Crippen MR) is 77.0 cm³/mol. The summed E-state index contributed by atoms with van der Waals surface area (Å²) in [7, 11) is 2.01. The second kappa shape index (κ2) is 12.9. The maximum atomic E-state index is 10.4. The smallest absolute Gasteiger partial charge is 0.304 e.